The summed E-state index contributed by atoms with van der Waals surface area (Å²) in [6, 6.07) is 2.60. The minimum Gasteiger partial charge on any atom is -0.491 e. The Morgan fingerprint density at radius 3 is 2.53 bits per heavy atom. The highest BCUT2D eigenvalue weighted by Crippen LogP contribution is 2.32. The molecule has 1 aromatic rings. The third-order valence-electron chi connectivity index (χ3n) is 2.02. The van der Waals surface area contributed by atoms with E-state index in [2.05, 4.69) is 4.74 Å². The van der Waals surface area contributed by atoms with Crippen LogP contribution in [0.3, 0.4) is 0 Å². The molecule has 5 nitrogen and oxygen atoms in total. The molecule has 0 unspecified atom stereocenters. The summed E-state index contributed by atoms with van der Waals surface area (Å²) in [5, 5.41) is 9.15. The average Bonchev–Trinajstić information content (AvgIpc) is 2.30. The summed E-state index contributed by atoms with van der Waals surface area (Å²) in [6.07, 6.45) is 0. The Hall–Kier alpha value is -1.75. The molecule has 0 atom stereocenters. The molecule has 0 heterocycles. The number of rotatable bonds is 4. The zero-order valence-electron chi connectivity index (χ0n) is 9.32. The highest BCUT2D eigenvalue weighted by Gasteiger charge is 2.24. The Balaban J connectivity index is 3.49. The van der Waals surface area contributed by atoms with Gasteiger partial charge in [-0.3, -0.25) is 0 Å². The number of carboxylic acid groups (broad SMARTS) is 1. The predicted molar refractivity (Wildman–Crippen MR) is 60.9 cm³/mol. The van der Waals surface area contributed by atoms with Crippen molar-refractivity contribution in [2.24, 2.45) is 0 Å². The molecule has 0 amide bonds. The zero-order chi connectivity index (χ0) is 13.0. The molecule has 17 heavy (non-hydrogen) atoms. The predicted octanol–water partition coefficient (Wildman–Crippen LogP) is 2.22. The van der Waals surface area contributed by atoms with E-state index in [4.69, 9.17) is 21.4 Å². The number of carboxylic acids is 1. The van der Waals surface area contributed by atoms with Gasteiger partial charge in [-0.05, 0) is 19.1 Å². The second-order valence-corrected chi connectivity index (χ2v) is 3.44. The highest BCUT2D eigenvalue weighted by molar-refractivity contribution is 6.33. The zero-order valence-corrected chi connectivity index (χ0v) is 10.1. The largest absolute Gasteiger partial charge is 0.491 e. The fourth-order valence-corrected chi connectivity index (χ4v) is 1.54. The van der Waals surface area contributed by atoms with Gasteiger partial charge in [0.25, 0.3) is 0 Å². The summed E-state index contributed by atoms with van der Waals surface area (Å²) < 4.78 is 9.71. The fraction of sp³-hybridized carbons (Fsp3) is 0.273. The molecule has 0 aromatic heterocycles. The van der Waals surface area contributed by atoms with Gasteiger partial charge in [-0.15, -0.1) is 0 Å². The van der Waals surface area contributed by atoms with Crippen LogP contribution in [-0.4, -0.2) is 30.8 Å². The van der Waals surface area contributed by atoms with Crippen LogP contribution in [0.1, 0.15) is 27.6 Å². The van der Waals surface area contributed by atoms with Crippen LogP contribution in [0, 0.1) is 0 Å². The molecule has 1 rings (SSSR count). The molecule has 0 bridgehead atoms. The van der Waals surface area contributed by atoms with Crippen molar-refractivity contribution < 1.29 is 24.2 Å². The summed E-state index contributed by atoms with van der Waals surface area (Å²) >= 11 is 5.86. The molecule has 0 saturated carbocycles. The minimum absolute atomic E-state index is 0.0286. The van der Waals surface area contributed by atoms with Crippen molar-refractivity contribution in [1.82, 2.24) is 0 Å². The summed E-state index contributed by atoms with van der Waals surface area (Å²) in [7, 11) is 1.16. The van der Waals surface area contributed by atoms with Gasteiger partial charge in [0.1, 0.15) is 5.56 Å². The van der Waals surface area contributed by atoms with E-state index in [0.29, 0.717) is 0 Å². The van der Waals surface area contributed by atoms with E-state index in [1.807, 2.05) is 0 Å². The van der Waals surface area contributed by atoms with Crippen molar-refractivity contribution in [1.29, 1.82) is 0 Å². The molecular weight excluding hydrogens is 248 g/mol. The third kappa shape index (κ3) is 2.68. The quantitative estimate of drug-likeness (QED) is 0.839. The van der Waals surface area contributed by atoms with Crippen LogP contribution in [0.4, 0.5) is 0 Å². The average molecular weight is 259 g/mol. The van der Waals surface area contributed by atoms with Crippen molar-refractivity contribution in [3.05, 3.63) is 28.3 Å². The Kier molecular flexibility index (Phi) is 4.34. The van der Waals surface area contributed by atoms with Gasteiger partial charge in [-0.25, -0.2) is 9.59 Å². The number of carbonyl (C=O) groups excluding carboxylic acids is 1. The molecule has 92 valence electrons. The lowest BCUT2D eigenvalue weighted by Crippen LogP contribution is -2.13. The number of hydrogen-bond acceptors (Lipinski definition) is 4. The van der Waals surface area contributed by atoms with Crippen LogP contribution in [0.25, 0.3) is 0 Å². The van der Waals surface area contributed by atoms with E-state index in [9.17, 15) is 9.59 Å². The van der Waals surface area contributed by atoms with Gasteiger partial charge in [-0.1, -0.05) is 11.6 Å². The van der Waals surface area contributed by atoms with Crippen LogP contribution >= 0.6 is 11.6 Å². The molecule has 0 spiro atoms. The first kappa shape index (κ1) is 13.3. The molecule has 0 aliphatic heterocycles. The van der Waals surface area contributed by atoms with Gasteiger partial charge >= 0.3 is 11.9 Å². The molecule has 1 aromatic carbocycles. The number of methoxy groups -OCH3 is 1. The number of halogens is 1. The highest BCUT2D eigenvalue weighted by atomic mass is 35.5. The minimum atomic E-state index is -1.25. The van der Waals surface area contributed by atoms with Crippen molar-refractivity contribution in [2.75, 3.05) is 13.7 Å². The van der Waals surface area contributed by atoms with Crippen LogP contribution in [-0.2, 0) is 4.74 Å². The Bertz CT molecular complexity index is 455. The molecule has 0 aliphatic rings. The monoisotopic (exact) mass is 258 g/mol. The molecular formula is C11H11ClO5. The summed E-state index contributed by atoms with van der Waals surface area (Å²) in [5.74, 6) is -2.02. The topological polar surface area (TPSA) is 72.8 Å². The Morgan fingerprint density at radius 1 is 1.41 bits per heavy atom. The Morgan fingerprint density at radius 2 is 2.06 bits per heavy atom. The maximum absolute atomic E-state index is 11.6. The first-order valence-corrected chi connectivity index (χ1v) is 5.17. The van der Waals surface area contributed by atoms with Crippen LogP contribution in [0.15, 0.2) is 12.1 Å². The lowest BCUT2D eigenvalue weighted by Gasteiger charge is -2.12. The van der Waals surface area contributed by atoms with Crippen LogP contribution in [0.5, 0.6) is 5.75 Å². The van der Waals surface area contributed by atoms with Gasteiger partial charge in [-0.2, -0.15) is 0 Å². The molecule has 0 radical (unpaired) electrons. The third-order valence-corrected chi connectivity index (χ3v) is 2.32. The SMILES string of the molecule is CCOc1c(Cl)ccc(C(=O)O)c1C(=O)OC. The summed E-state index contributed by atoms with van der Waals surface area (Å²) in [5.41, 5.74) is -0.376. The van der Waals surface area contributed by atoms with Crippen LogP contribution in [0.2, 0.25) is 5.02 Å². The molecule has 1 N–H and O–H groups in total. The lowest BCUT2D eigenvalue weighted by atomic mass is 10.1. The molecule has 0 aliphatic carbocycles. The summed E-state index contributed by atoms with van der Waals surface area (Å²) in [6.45, 7) is 1.96. The van der Waals surface area contributed by atoms with Gasteiger partial charge in [0, 0.05) is 0 Å². The Labute approximate surface area is 103 Å². The van der Waals surface area contributed by atoms with E-state index in [1.54, 1.807) is 6.92 Å². The van der Waals surface area contributed by atoms with E-state index in [1.165, 1.54) is 12.1 Å². The normalized spacial score (nSPS) is 9.82. The molecule has 0 fully saturated rings. The van der Waals surface area contributed by atoms with Crippen molar-refractivity contribution in [3.63, 3.8) is 0 Å². The first-order chi connectivity index (χ1) is 8.02. The van der Waals surface area contributed by atoms with Gasteiger partial charge < -0.3 is 14.6 Å². The van der Waals surface area contributed by atoms with Gasteiger partial charge in [0.2, 0.25) is 0 Å². The molecule has 6 heteroatoms. The second kappa shape index (κ2) is 5.54. The van der Waals surface area contributed by atoms with Gasteiger partial charge in [0.05, 0.1) is 24.3 Å². The van der Waals surface area contributed by atoms with Crippen LogP contribution < -0.4 is 4.74 Å². The van der Waals surface area contributed by atoms with Crippen molar-refractivity contribution in [3.8, 4) is 5.75 Å². The van der Waals surface area contributed by atoms with E-state index < -0.39 is 11.9 Å². The van der Waals surface area contributed by atoms with E-state index in [-0.39, 0.29) is 28.5 Å². The number of esters is 1. The standard InChI is InChI=1S/C11H11ClO5/c1-3-17-9-7(12)5-4-6(10(13)14)8(9)11(15)16-2/h4-5H,3H2,1-2H3,(H,13,14). The first-order valence-electron chi connectivity index (χ1n) is 4.79. The number of hydrogen-bond donors (Lipinski definition) is 1. The van der Waals surface area contributed by atoms with E-state index in [0.717, 1.165) is 7.11 Å². The lowest BCUT2D eigenvalue weighted by molar-refractivity contribution is 0.0578. The fourth-order valence-electron chi connectivity index (χ4n) is 1.33. The molecule has 0 saturated heterocycles. The van der Waals surface area contributed by atoms with E-state index >= 15 is 0 Å². The van der Waals surface area contributed by atoms with Gasteiger partial charge in [0.15, 0.2) is 5.75 Å². The smallest absolute Gasteiger partial charge is 0.342 e. The number of carbonyl (C=O) groups is 2. The van der Waals surface area contributed by atoms with Crippen molar-refractivity contribution >= 4 is 23.5 Å². The number of benzene rings is 1. The summed E-state index contributed by atoms with van der Waals surface area (Å²) in [4.78, 5) is 22.6. The van der Waals surface area contributed by atoms with Crippen molar-refractivity contribution in [2.45, 2.75) is 6.92 Å². The number of ether oxygens (including phenoxy) is 2. The maximum atomic E-state index is 11.6. The second-order valence-electron chi connectivity index (χ2n) is 3.03. The number of aromatic carboxylic acids is 1. The maximum Gasteiger partial charge on any atom is 0.342 e.